The molecule has 0 aromatic heterocycles. The summed E-state index contributed by atoms with van der Waals surface area (Å²) in [5.41, 5.74) is 0.520. The van der Waals surface area contributed by atoms with Crippen LogP contribution in [0, 0.1) is 5.92 Å². The third-order valence-corrected chi connectivity index (χ3v) is 5.50. The monoisotopic (exact) mass is 335 g/mol. The molecule has 2 rings (SSSR count). The predicted molar refractivity (Wildman–Crippen MR) is 81.1 cm³/mol. The van der Waals surface area contributed by atoms with Gasteiger partial charge in [0.15, 0.2) is 9.84 Å². The molecule has 0 spiro atoms. The van der Waals surface area contributed by atoms with Gasteiger partial charge in [0.25, 0.3) is 0 Å². The van der Waals surface area contributed by atoms with Crippen molar-refractivity contribution in [3.63, 3.8) is 0 Å². The number of anilines is 1. The Morgan fingerprint density at radius 3 is 2.50 bits per heavy atom. The minimum Gasteiger partial charge on any atom is -0.326 e. The molecule has 1 N–H and O–H groups in total. The third-order valence-electron chi connectivity index (χ3n) is 3.18. The van der Waals surface area contributed by atoms with Crippen molar-refractivity contribution >= 4 is 44.6 Å². The van der Waals surface area contributed by atoms with Crippen molar-refractivity contribution in [1.82, 2.24) is 0 Å². The average Bonchev–Trinajstić information content (AvgIpc) is 2.25. The summed E-state index contributed by atoms with van der Waals surface area (Å²) in [4.78, 5) is 11.9. The van der Waals surface area contributed by atoms with Gasteiger partial charge in [0.05, 0.1) is 11.5 Å². The predicted octanol–water partition coefficient (Wildman–Crippen LogP) is 3.15. The minimum absolute atomic E-state index is 0.0940. The number of carbonyl (C=O) groups excluding carboxylic acids is 1. The number of carbonyl (C=O) groups is 1. The van der Waals surface area contributed by atoms with Crippen LogP contribution in [-0.4, -0.2) is 25.8 Å². The van der Waals surface area contributed by atoms with E-state index in [9.17, 15) is 13.2 Å². The molecule has 110 valence electrons. The number of hydrogen-bond acceptors (Lipinski definition) is 3. The highest BCUT2D eigenvalue weighted by Gasteiger charge is 2.26. The Bertz CT molecular complexity index is 596. The lowest BCUT2D eigenvalue weighted by molar-refractivity contribution is -0.117. The zero-order valence-electron chi connectivity index (χ0n) is 10.7. The number of sulfone groups is 1. The molecular formula is C13H15Cl2NO3S. The van der Waals surface area contributed by atoms with E-state index >= 15 is 0 Å². The normalized spacial score (nSPS) is 21.4. The summed E-state index contributed by atoms with van der Waals surface area (Å²) in [5, 5.41) is 3.57. The average molecular weight is 336 g/mol. The molecule has 0 aliphatic carbocycles. The Balaban J connectivity index is 1.95. The van der Waals surface area contributed by atoms with Crippen LogP contribution in [-0.2, 0) is 14.6 Å². The fourth-order valence-electron chi connectivity index (χ4n) is 2.38. The van der Waals surface area contributed by atoms with Gasteiger partial charge in [-0.05, 0) is 37.0 Å². The van der Waals surface area contributed by atoms with Crippen molar-refractivity contribution in [3.8, 4) is 0 Å². The largest absolute Gasteiger partial charge is 0.326 e. The van der Waals surface area contributed by atoms with Gasteiger partial charge in [-0.2, -0.15) is 0 Å². The van der Waals surface area contributed by atoms with Crippen LogP contribution in [0.2, 0.25) is 10.0 Å². The Labute approximate surface area is 128 Å². The van der Waals surface area contributed by atoms with Crippen LogP contribution in [0.25, 0.3) is 0 Å². The van der Waals surface area contributed by atoms with E-state index in [4.69, 9.17) is 23.2 Å². The topological polar surface area (TPSA) is 63.2 Å². The van der Waals surface area contributed by atoms with Gasteiger partial charge in [-0.3, -0.25) is 4.79 Å². The first-order valence-electron chi connectivity index (χ1n) is 6.30. The van der Waals surface area contributed by atoms with Gasteiger partial charge >= 0.3 is 0 Å². The lowest BCUT2D eigenvalue weighted by Crippen LogP contribution is -2.28. The van der Waals surface area contributed by atoms with Gasteiger partial charge in [-0.15, -0.1) is 0 Å². The molecule has 1 aliphatic rings. The fourth-order valence-corrected chi connectivity index (χ4v) is 4.68. The minimum atomic E-state index is -2.99. The quantitative estimate of drug-likeness (QED) is 0.922. The zero-order chi connectivity index (χ0) is 14.8. The van der Waals surface area contributed by atoms with Crippen LogP contribution in [0.15, 0.2) is 18.2 Å². The summed E-state index contributed by atoms with van der Waals surface area (Å²) in [5.74, 6) is -0.00000757. The first-order valence-corrected chi connectivity index (χ1v) is 8.88. The molecule has 1 fully saturated rings. The third kappa shape index (κ3) is 4.65. The van der Waals surface area contributed by atoms with Crippen molar-refractivity contribution in [1.29, 1.82) is 0 Å². The van der Waals surface area contributed by atoms with Gasteiger partial charge in [0, 0.05) is 22.2 Å². The van der Waals surface area contributed by atoms with Crippen molar-refractivity contribution in [3.05, 3.63) is 28.2 Å². The van der Waals surface area contributed by atoms with Gasteiger partial charge in [-0.1, -0.05) is 23.2 Å². The Morgan fingerprint density at radius 2 is 1.90 bits per heavy atom. The molecule has 4 nitrogen and oxygen atoms in total. The SMILES string of the molecule is O=C(CC1CCCS(=O)(=O)C1)Nc1cc(Cl)cc(Cl)c1. The first-order chi connectivity index (χ1) is 9.34. The zero-order valence-corrected chi connectivity index (χ0v) is 13.1. The van der Waals surface area contributed by atoms with Crippen molar-refractivity contribution in [2.24, 2.45) is 5.92 Å². The van der Waals surface area contributed by atoms with Gasteiger partial charge in [0.1, 0.15) is 0 Å². The van der Waals surface area contributed by atoms with E-state index in [-0.39, 0.29) is 29.8 Å². The Hall–Kier alpha value is -0.780. The van der Waals surface area contributed by atoms with E-state index in [1.165, 1.54) is 0 Å². The smallest absolute Gasteiger partial charge is 0.224 e. The fraction of sp³-hybridized carbons (Fsp3) is 0.462. The second kappa shape index (κ2) is 6.33. The lowest BCUT2D eigenvalue weighted by atomic mass is 10.0. The van der Waals surface area contributed by atoms with Crippen LogP contribution in [0.3, 0.4) is 0 Å². The summed E-state index contributed by atoms with van der Waals surface area (Å²) in [7, 11) is -2.99. The van der Waals surface area contributed by atoms with Crippen molar-refractivity contribution in [2.75, 3.05) is 16.8 Å². The summed E-state index contributed by atoms with van der Waals surface area (Å²) in [6.07, 6.45) is 1.59. The second-order valence-electron chi connectivity index (χ2n) is 5.03. The maximum atomic E-state index is 11.9. The molecule has 7 heteroatoms. The molecule has 1 unspecified atom stereocenters. The van der Waals surface area contributed by atoms with Crippen LogP contribution >= 0.6 is 23.2 Å². The number of halogens is 2. The number of benzene rings is 1. The highest BCUT2D eigenvalue weighted by molar-refractivity contribution is 7.91. The maximum Gasteiger partial charge on any atom is 0.224 e. The second-order valence-corrected chi connectivity index (χ2v) is 8.13. The Morgan fingerprint density at radius 1 is 1.25 bits per heavy atom. The molecule has 1 aromatic carbocycles. The number of rotatable bonds is 3. The number of amides is 1. The van der Waals surface area contributed by atoms with Crippen LogP contribution in [0.1, 0.15) is 19.3 Å². The molecule has 0 bridgehead atoms. The van der Waals surface area contributed by atoms with E-state index in [1.54, 1.807) is 18.2 Å². The van der Waals surface area contributed by atoms with E-state index < -0.39 is 9.84 Å². The summed E-state index contributed by atoms with van der Waals surface area (Å²) < 4.78 is 23.0. The number of hydrogen-bond donors (Lipinski definition) is 1. The molecule has 20 heavy (non-hydrogen) atoms. The standard InChI is InChI=1S/C13H15Cl2NO3S/c14-10-5-11(15)7-12(6-10)16-13(17)4-9-2-1-3-20(18,19)8-9/h5-7,9H,1-4,8H2,(H,16,17). The van der Waals surface area contributed by atoms with Gasteiger partial charge in [-0.25, -0.2) is 8.42 Å². The maximum absolute atomic E-state index is 11.9. The molecular weight excluding hydrogens is 321 g/mol. The first kappa shape index (κ1) is 15.6. The van der Waals surface area contributed by atoms with Crippen LogP contribution in [0.5, 0.6) is 0 Å². The molecule has 1 saturated heterocycles. The van der Waals surface area contributed by atoms with E-state index in [0.29, 0.717) is 22.2 Å². The van der Waals surface area contributed by atoms with E-state index in [2.05, 4.69) is 5.32 Å². The van der Waals surface area contributed by atoms with Gasteiger partial charge in [0.2, 0.25) is 5.91 Å². The molecule has 1 aliphatic heterocycles. The molecule has 0 saturated carbocycles. The highest BCUT2D eigenvalue weighted by Crippen LogP contribution is 2.24. The summed E-state index contributed by atoms with van der Waals surface area (Å²) >= 11 is 11.7. The van der Waals surface area contributed by atoms with E-state index in [1.807, 2.05) is 0 Å². The molecule has 1 heterocycles. The molecule has 1 amide bonds. The highest BCUT2D eigenvalue weighted by atomic mass is 35.5. The summed E-state index contributed by atoms with van der Waals surface area (Å²) in [6, 6.07) is 4.78. The molecule has 0 radical (unpaired) electrons. The van der Waals surface area contributed by atoms with Crippen LogP contribution in [0.4, 0.5) is 5.69 Å². The van der Waals surface area contributed by atoms with Crippen molar-refractivity contribution in [2.45, 2.75) is 19.3 Å². The van der Waals surface area contributed by atoms with Gasteiger partial charge < -0.3 is 5.32 Å². The van der Waals surface area contributed by atoms with Crippen molar-refractivity contribution < 1.29 is 13.2 Å². The summed E-state index contributed by atoms with van der Waals surface area (Å²) in [6.45, 7) is 0. The molecule has 1 aromatic rings. The van der Waals surface area contributed by atoms with E-state index in [0.717, 1.165) is 6.42 Å². The lowest BCUT2D eigenvalue weighted by Gasteiger charge is -2.21. The van der Waals surface area contributed by atoms with Crippen LogP contribution < -0.4 is 5.32 Å². The molecule has 1 atom stereocenters. The number of nitrogens with one attached hydrogen (secondary N) is 1. The Kier molecular flexibility index (Phi) is 4.94.